The zero-order valence-electron chi connectivity index (χ0n) is 74.5. The fraction of sp³-hybridized carbons (Fsp3) is 0. The predicted octanol–water partition coefficient (Wildman–Crippen LogP) is 38.4. The number of benzene rings is 24. The molecular weight excluding hydrogens is 1680 g/mol. The standard InChI is InChI=1S/3C44H26O2/c1-2-12-27(13-3-1)42-32-18-8-16-28(34-20-10-22-36-30-14-4-6-24-40(30)45-43(34)36)38(32)26-39-29(17-9-19-33(39)42)35-21-11-23-37-31-15-5-7-25-41(31)46-44(35)37;1-2-10-27(11-3-1)44-36-16-8-14-30(28-20-22-34-32-12-4-6-18-40(32)45-42(34)24-28)38(36)26-39-31(15-9-17-37(39)44)29-21-23-35-33-13-5-7-19-41(33)46-43(35)25-29;1-2-10-27(11-3-1)44-34-16-8-14-30(28-20-22-42-38(24-28)32-12-4-6-18-40(32)45-42)36(34)26-37-31(15-9-17-35(37)44)29-21-23-43-39(25-29)33-13-5-7-19-41(33)46-43/h3*1-26H. The molecule has 0 amide bonds. The van der Waals surface area contributed by atoms with Crippen molar-refractivity contribution in [2.75, 3.05) is 0 Å². The molecule has 0 aliphatic carbocycles. The lowest BCUT2D eigenvalue weighted by Crippen LogP contribution is -1.91. The molecule has 0 unspecified atom stereocenters. The number of fused-ring (bicyclic) bond motifs is 24. The number of para-hydroxylation sites is 8. The summed E-state index contributed by atoms with van der Waals surface area (Å²) in [6.07, 6.45) is 0. The molecule has 30 rings (SSSR count). The lowest BCUT2D eigenvalue weighted by Gasteiger charge is -2.17. The molecule has 138 heavy (non-hydrogen) atoms. The molecule has 6 heteroatoms. The highest BCUT2D eigenvalue weighted by molar-refractivity contribution is 6.26. The number of hydrogen-bond acceptors (Lipinski definition) is 6. The molecule has 0 radical (unpaired) electrons. The Kier molecular flexibility index (Phi) is 18.0. The van der Waals surface area contributed by atoms with Gasteiger partial charge in [0.1, 0.15) is 67.0 Å². The third-order valence-electron chi connectivity index (χ3n) is 28.5. The molecule has 6 heterocycles. The maximum absolute atomic E-state index is 6.55. The number of hydrogen-bond donors (Lipinski definition) is 0. The van der Waals surface area contributed by atoms with E-state index in [1.807, 2.05) is 72.8 Å². The van der Waals surface area contributed by atoms with Gasteiger partial charge in [0.15, 0.2) is 0 Å². The normalized spacial score (nSPS) is 11.9. The van der Waals surface area contributed by atoms with E-state index < -0.39 is 0 Å². The zero-order chi connectivity index (χ0) is 90.6. The first-order chi connectivity index (χ1) is 68.4. The zero-order valence-corrected chi connectivity index (χ0v) is 74.5. The van der Waals surface area contributed by atoms with Gasteiger partial charge in [0.05, 0.1) is 0 Å². The van der Waals surface area contributed by atoms with Crippen LogP contribution in [0.4, 0.5) is 0 Å². The van der Waals surface area contributed by atoms with Crippen LogP contribution in [0, 0.1) is 0 Å². The van der Waals surface area contributed by atoms with Gasteiger partial charge in [-0.1, -0.05) is 370 Å². The van der Waals surface area contributed by atoms with E-state index in [1.54, 1.807) is 0 Å². The van der Waals surface area contributed by atoms with Gasteiger partial charge in [-0.25, -0.2) is 0 Å². The van der Waals surface area contributed by atoms with Crippen LogP contribution in [0.15, 0.2) is 500 Å². The molecule has 642 valence electrons. The summed E-state index contributed by atoms with van der Waals surface area (Å²) in [5, 5.41) is 28.2. The van der Waals surface area contributed by atoms with Crippen LogP contribution < -0.4 is 0 Å². The van der Waals surface area contributed by atoms with Gasteiger partial charge in [0, 0.05) is 75.8 Å². The highest BCUT2D eigenvalue weighted by atomic mass is 16.3. The molecule has 0 N–H and O–H groups in total. The Hall–Kier alpha value is -18.4. The van der Waals surface area contributed by atoms with E-state index in [-0.39, 0.29) is 0 Å². The first-order valence-corrected chi connectivity index (χ1v) is 47.0. The molecule has 0 atom stereocenters. The summed E-state index contributed by atoms with van der Waals surface area (Å²) in [5.41, 5.74) is 32.1. The minimum atomic E-state index is 0.902. The predicted molar refractivity (Wildman–Crippen MR) is 577 cm³/mol. The smallest absolute Gasteiger partial charge is 0.143 e. The van der Waals surface area contributed by atoms with E-state index in [0.717, 1.165) is 165 Å². The lowest BCUT2D eigenvalue weighted by molar-refractivity contribution is 0.668. The molecule has 0 aliphatic rings. The van der Waals surface area contributed by atoms with Crippen LogP contribution >= 0.6 is 0 Å². The van der Waals surface area contributed by atoms with Crippen LogP contribution in [-0.4, -0.2) is 0 Å². The van der Waals surface area contributed by atoms with Crippen molar-refractivity contribution in [1.29, 1.82) is 0 Å². The Morgan fingerprint density at radius 1 is 0.0942 bits per heavy atom. The van der Waals surface area contributed by atoms with Crippen molar-refractivity contribution in [3.8, 4) is 100 Å². The van der Waals surface area contributed by atoms with Crippen LogP contribution in [0.2, 0.25) is 0 Å². The first kappa shape index (κ1) is 78.3. The maximum atomic E-state index is 6.55. The van der Waals surface area contributed by atoms with E-state index in [4.69, 9.17) is 26.5 Å². The second-order valence-electron chi connectivity index (χ2n) is 36.1. The van der Waals surface area contributed by atoms with Crippen LogP contribution in [0.5, 0.6) is 0 Å². The highest BCUT2D eigenvalue weighted by Crippen LogP contribution is 2.52. The summed E-state index contributed by atoms with van der Waals surface area (Å²) >= 11 is 0. The van der Waals surface area contributed by atoms with E-state index in [9.17, 15) is 0 Å². The largest absolute Gasteiger partial charge is 0.456 e. The van der Waals surface area contributed by atoms with Gasteiger partial charge >= 0.3 is 0 Å². The summed E-state index contributed by atoms with van der Waals surface area (Å²) in [6.45, 7) is 0. The van der Waals surface area contributed by atoms with E-state index in [2.05, 4.69) is 400 Å². The molecule has 0 saturated carbocycles. The van der Waals surface area contributed by atoms with Crippen LogP contribution in [-0.2, 0) is 0 Å². The van der Waals surface area contributed by atoms with Crippen LogP contribution in [0.25, 0.3) is 296 Å². The molecule has 6 nitrogen and oxygen atoms in total. The Bertz CT molecular complexity index is 9730. The summed E-state index contributed by atoms with van der Waals surface area (Å²) in [7, 11) is 0. The monoisotopic (exact) mass is 1760 g/mol. The van der Waals surface area contributed by atoms with Gasteiger partial charge < -0.3 is 26.5 Å². The number of furan rings is 6. The van der Waals surface area contributed by atoms with Crippen molar-refractivity contribution in [3.05, 3.63) is 473 Å². The molecule has 30 aromatic rings. The fourth-order valence-electron chi connectivity index (χ4n) is 22.2. The first-order valence-electron chi connectivity index (χ1n) is 47.0. The molecule has 24 aromatic carbocycles. The molecule has 0 spiro atoms. The summed E-state index contributed by atoms with van der Waals surface area (Å²) in [6, 6.07) is 169. The van der Waals surface area contributed by atoms with Gasteiger partial charge in [0.25, 0.3) is 0 Å². The van der Waals surface area contributed by atoms with Crippen LogP contribution in [0.1, 0.15) is 0 Å². The quantitative estimate of drug-likeness (QED) is 0.134. The molecule has 0 bridgehead atoms. The molecular formula is C132H78O6. The van der Waals surface area contributed by atoms with Gasteiger partial charge in [-0.2, -0.15) is 0 Å². The van der Waals surface area contributed by atoms with E-state index in [1.165, 1.54) is 131 Å². The third kappa shape index (κ3) is 12.7. The van der Waals surface area contributed by atoms with E-state index >= 15 is 0 Å². The van der Waals surface area contributed by atoms with Crippen molar-refractivity contribution >= 4 is 196 Å². The second kappa shape index (κ2) is 31.7. The molecule has 6 aromatic heterocycles. The molecule has 0 saturated heterocycles. The maximum Gasteiger partial charge on any atom is 0.143 e. The summed E-state index contributed by atoms with van der Waals surface area (Å²) in [5.74, 6) is 0. The lowest BCUT2D eigenvalue weighted by atomic mass is 9.86. The topological polar surface area (TPSA) is 78.8 Å². The second-order valence-corrected chi connectivity index (χ2v) is 36.1. The van der Waals surface area contributed by atoms with E-state index in [0.29, 0.717) is 0 Å². The Labute approximate surface area is 790 Å². The van der Waals surface area contributed by atoms with Crippen molar-refractivity contribution in [1.82, 2.24) is 0 Å². The minimum absolute atomic E-state index is 0.902. The Balaban J connectivity index is 0.000000102. The van der Waals surface area contributed by atoms with Gasteiger partial charge in [-0.15, -0.1) is 0 Å². The van der Waals surface area contributed by atoms with Gasteiger partial charge in [-0.05, 0) is 257 Å². The molecule has 0 aliphatic heterocycles. The Morgan fingerprint density at radius 2 is 0.304 bits per heavy atom. The fourth-order valence-corrected chi connectivity index (χ4v) is 22.2. The Morgan fingerprint density at radius 3 is 0.623 bits per heavy atom. The van der Waals surface area contributed by atoms with Crippen molar-refractivity contribution < 1.29 is 26.5 Å². The minimum Gasteiger partial charge on any atom is -0.456 e. The average molecular weight is 1760 g/mol. The highest BCUT2D eigenvalue weighted by Gasteiger charge is 2.26. The SMILES string of the molecule is c1ccc(-c2c3cccc(-c4ccc5c(c4)oc4ccccc45)c3cc3c(-c4ccc5c(c4)oc4ccccc45)cccc23)cc1.c1ccc(-c2c3cccc(-c4ccc5oc6ccccc6c5c4)c3cc3c(-c4ccc5oc6ccccc6c5c4)cccc23)cc1.c1ccc(-c2c3cccc(-c4cccc5c4oc4ccccc45)c3cc3c(-c4cccc5c4oc4ccccc45)cccc23)cc1. The summed E-state index contributed by atoms with van der Waals surface area (Å²) < 4.78 is 38.1. The van der Waals surface area contributed by atoms with Crippen molar-refractivity contribution in [2.24, 2.45) is 0 Å². The molecule has 0 fully saturated rings. The third-order valence-corrected chi connectivity index (χ3v) is 28.5. The number of rotatable bonds is 9. The summed E-state index contributed by atoms with van der Waals surface area (Å²) in [4.78, 5) is 0. The van der Waals surface area contributed by atoms with Gasteiger partial charge in [-0.3, -0.25) is 0 Å². The van der Waals surface area contributed by atoms with Crippen molar-refractivity contribution in [3.63, 3.8) is 0 Å². The van der Waals surface area contributed by atoms with Gasteiger partial charge in [0.2, 0.25) is 0 Å². The van der Waals surface area contributed by atoms with Crippen molar-refractivity contribution in [2.45, 2.75) is 0 Å². The average Bonchev–Trinajstić information content (AvgIpc) is 1.10. The van der Waals surface area contributed by atoms with Crippen LogP contribution in [0.3, 0.4) is 0 Å².